The Morgan fingerprint density at radius 3 is 2.65 bits per heavy atom. The van der Waals surface area contributed by atoms with Gasteiger partial charge in [0.15, 0.2) is 0 Å². The fourth-order valence-electron chi connectivity index (χ4n) is 1.76. The Morgan fingerprint density at radius 2 is 2.12 bits per heavy atom. The minimum absolute atomic E-state index is 0.0940. The molecule has 0 spiro atoms. The number of ether oxygens (including phenoxy) is 1. The van der Waals surface area contributed by atoms with Gasteiger partial charge in [-0.3, -0.25) is 0 Å². The molecule has 1 aromatic carbocycles. The van der Waals surface area contributed by atoms with Crippen LogP contribution in [0.5, 0.6) is 0 Å². The Morgan fingerprint density at radius 1 is 1.35 bits per heavy atom. The lowest BCUT2D eigenvalue weighted by Gasteiger charge is -2.24. The molecular weight excluding hydrogens is 255 g/mol. The fourth-order valence-corrected chi connectivity index (χ4v) is 2.05. The molecule has 0 amide bonds. The van der Waals surface area contributed by atoms with Gasteiger partial charge >= 0.3 is 6.18 Å². The van der Waals surface area contributed by atoms with E-state index in [2.05, 4.69) is 5.32 Å². The summed E-state index contributed by atoms with van der Waals surface area (Å²) >= 11 is 5.64. The molecule has 6 heteroatoms. The highest BCUT2D eigenvalue weighted by Crippen LogP contribution is 2.35. The number of nitrogens with one attached hydrogen (secondary N) is 1. The van der Waals surface area contributed by atoms with Crippen LogP contribution in [0, 0.1) is 0 Å². The van der Waals surface area contributed by atoms with Crippen molar-refractivity contribution in [3.63, 3.8) is 0 Å². The molecule has 94 valence electrons. The van der Waals surface area contributed by atoms with E-state index in [9.17, 15) is 13.2 Å². The van der Waals surface area contributed by atoms with Crippen molar-refractivity contribution in [3.8, 4) is 0 Å². The van der Waals surface area contributed by atoms with Gasteiger partial charge in [0.1, 0.15) is 0 Å². The molecule has 1 aliphatic heterocycles. The molecule has 2 nitrogen and oxygen atoms in total. The molecule has 1 atom stereocenters. The summed E-state index contributed by atoms with van der Waals surface area (Å²) in [6.45, 7) is 1.75. The van der Waals surface area contributed by atoms with Crippen molar-refractivity contribution in [2.24, 2.45) is 0 Å². The van der Waals surface area contributed by atoms with Crippen LogP contribution < -0.4 is 5.32 Å². The summed E-state index contributed by atoms with van der Waals surface area (Å²) in [4.78, 5) is 0. The van der Waals surface area contributed by atoms with Gasteiger partial charge < -0.3 is 10.1 Å². The SMILES string of the molecule is FC(F)(F)c1ccc([C@@H]2COCCN2)cc1Cl. The summed E-state index contributed by atoms with van der Waals surface area (Å²) < 4.78 is 42.7. The molecule has 0 unspecified atom stereocenters. The Labute approximate surface area is 102 Å². The minimum Gasteiger partial charge on any atom is -0.378 e. The lowest BCUT2D eigenvalue weighted by molar-refractivity contribution is -0.137. The summed E-state index contributed by atoms with van der Waals surface area (Å²) in [6, 6.07) is 3.69. The Bertz CT molecular complexity index is 402. The van der Waals surface area contributed by atoms with Gasteiger partial charge in [0.05, 0.1) is 29.8 Å². The standard InChI is InChI=1S/C11H11ClF3NO/c12-9-5-7(10-6-17-4-3-16-10)1-2-8(9)11(13,14)15/h1-2,5,10,16H,3-4,6H2/t10-/m0/s1. The van der Waals surface area contributed by atoms with E-state index in [1.165, 1.54) is 12.1 Å². The van der Waals surface area contributed by atoms with Crippen LogP contribution >= 0.6 is 11.6 Å². The van der Waals surface area contributed by atoms with Crippen molar-refractivity contribution >= 4 is 11.6 Å². The maximum atomic E-state index is 12.5. The van der Waals surface area contributed by atoms with Gasteiger partial charge in [0.25, 0.3) is 0 Å². The van der Waals surface area contributed by atoms with Gasteiger partial charge in [0.2, 0.25) is 0 Å². The highest BCUT2D eigenvalue weighted by atomic mass is 35.5. The molecule has 1 N–H and O–H groups in total. The number of rotatable bonds is 1. The average Bonchev–Trinajstić information content (AvgIpc) is 2.28. The zero-order chi connectivity index (χ0) is 12.5. The van der Waals surface area contributed by atoms with Crippen LogP contribution in [-0.2, 0) is 10.9 Å². The third-order valence-electron chi connectivity index (χ3n) is 2.62. The van der Waals surface area contributed by atoms with E-state index in [1.54, 1.807) is 0 Å². The summed E-state index contributed by atoms with van der Waals surface area (Å²) in [5.41, 5.74) is -0.0951. The summed E-state index contributed by atoms with van der Waals surface area (Å²) in [7, 11) is 0. The first-order valence-corrected chi connectivity index (χ1v) is 5.54. The number of halogens is 4. The molecule has 1 heterocycles. The highest BCUT2D eigenvalue weighted by Gasteiger charge is 2.33. The van der Waals surface area contributed by atoms with E-state index in [0.717, 1.165) is 6.07 Å². The monoisotopic (exact) mass is 265 g/mol. The minimum atomic E-state index is -4.41. The Kier molecular flexibility index (Phi) is 3.61. The van der Waals surface area contributed by atoms with Gasteiger partial charge in [-0.15, -0.1) is 0 Å². The molecule has 0 aliphatic carbocycles. The van der Waals surface area contributed by atoms with Gasteiger partial charge in [0, 0.05) is 6.54 Å². The first kappa shape index (κ1) is 12.7. The van der Waals surface area contributed by atoms with E-state index >= 15 is 0 Å². The van der Waals surface area contributed by atoms with Crippen molar-refractivity contribution in [2.45, 2.75) is 12.2 Å². The summed E-state index contributed by atoms with van der Waals surface area (Å²) in [5.74, 6) is 0. The van der Waals surface area contributed by atoms with Crippen molar-refractivity contribution in [1.82, 2.24) is 5.32 Å². The van der Waals surface area contributed by atoms with Crippen LogP contribution in [0.25, 0.3) is 0 Å². The third kappa shape index (κ3) is 2.91. The maximum Gasteiger partial charge on any atom is 0.417 e. The predicted molar refractivity (Wildman–Crippen MR) is 58.0 cm³/mol. The van der Waals surface area contributed by atoms with Crippen LogP contribution in [0.1, 0.15) is 17.2 Å². The van der Waals surface area contributed by atoms with Gasteiger partial charge in [-0.25, -0.2) is 0 Å². The van der Waals surface area contributed by atoms with Crippen molar-refractivity contribution in [1.29, 1.82) is 0 Å². The predicted octanol–water partition coefficient (Wildman–Crippen LogP) is 3.02. The molecule has 1 aromatic rings. The molecule has 0 saturated carbocycles. The second-order valence-corrected chi connectivity index (χ2v) is 4.23. The van der Waals surface area contributed by atoms with Crippen LogP contribution in [0.4, 0.5) is 13.2 Å². The third-order valence-corrected chi connectivity index (χ3v) is 2.94. The molecule has 1 fully saturated rings. The molecule has 0 aromatic heterocycles. The average molecular weight is 266 g/mol. The quantitative estimate of drug-likeness (QED) is 0.843. The summed E-state index contributed by atoms with van der Waals surface area (Å²) in [6.07, 6.45) is -4.41. The van der Waals surface area contributed by atoms with Crippen molar-refractivity contribution in [2.75, 3.05) is 19.8 Å². The number of benzene rings is 1. The van der Waals surface area contributed by atoms with E-state index in [1.807, 2.05) is 0 Å². The fraction of sp³-hybridized carbons (Fsp3) is 0.455. The van der Waals surface area contributed by atoms with Crippen molar-refractivity contribution < 1.29 is 17.9 Å². The second kappa shape index (κ2) is 4.84. The Balaban J connectivity index is 2.24. The zero-order valence-electron chi connectivity index (χ0n) is 8.85. The van der Waals surface area contributed by atoms with Crippen LogP contribution in [-0.4, -0.2) is 19.8 Å². The first-order valence-electron chi connectivity index (χ1n) is 5.16. The van der Waals surface area contributed by atoms with Crippen LogP contribution in [0.15, 0.2) is 18.2 Å². The van der Waals surface area contributed by atoms with Crippen LogP contribution in [0.3, 0.4) is 0 Å². The molecule has 17 heavy (non-hydrogen) atoms. The van der Waals surface area contributed by atoms with Crippen LogP contribution in [0.2, 0.25) is 5.02 Å². The normalized spacial score (nSPS) is 21.5. The summed E-state index contributed by atoms with van der Waals surface area (Å²) in [5, 5.41) is 2.88. The molecule has 0 radical (unpaired) electrons. The van der Waals surface area contributed by atoms with Gasteiger partial charge in [-0.2, -0.15) is 13.2 Å². The lowest BCUT2D eigenvalue weighted by Crippen LogP contribution is -2.34. The number of alkyl halides is 3. The molecule has 1 aliphatic rings. The largest absolute Gasteiger partial charge is 0.417 e. The first-order chi connectivity index (χ1) is 7.98. The Hall–Kier alpha value is -0.780. The number of hydrogen-bond acceptors (Lipinski definition) is 2. The van der Waals surface area contributed by atoms with E-state index < -0.39 is 11.7 Å². The number of morpholine rings is 1. The molecular formula is C11H11ClF3NO. The zero-order valence-corrected chi connectivity index (χ0v) is 9.61. The van der Waals surface area contributed by atoms with Gasteiger partial charge in [-0.05, 0) is 17.7 Å². The van der Waals surface area contributed by atoms with Gasteiger partial charge in [-0.1, -0.05) is 17.7 Å². The molecule has 0 bridgehead atoms. The lowest BCUT2D eigenvalue weighted by atomic mass is 10.0. The van der Waals surface area contributed by atoms with E-state index in [4.69, 9.17) is 16.3 Å². The van der Waals surface area contributed by atoms with Crippen molar-refractivity contribution in [3.05, 3.63) is 34.3 Å². The topological polar surface area (TPSA) is 21.3 Å². The van der Waals surface area contributed by atoms with E-state index in [-0.39, 0.29) is 11.1 Å². The molecule has 1 saturated heterocycles. The van der Waals surface area contributed by atoms with E-state index in [0.29, 0.717) is 25.3 Å². The maximum absolute atomic E-state index is 12.5. The molecule has 2 rings (SSSR count). The smallest absolute Gasteiger partial charge is 0.378 e. The second-order valence-electron chi connectivity index (χ2n) is 3.82. The highest BCUT2D eigenvalue weighted by molar-refractivity contribution is 6.31. The number of hydrogen-bond donors (Lipinski definition) is 1.